The lowest BCUT2D eigenvalue weighted by Crippen LogP contribution is -2.56. The van der Waals surface area contributed by atoms with Gasteiger partial charge < -0.3 is 9.64 Å². The smallest absolute Gasteiger partial charge is 0.233 e. The molecule has 0 saturated carbocycles. The molecule has 0 aliphatic carbocycles. The van der Waals surface area contributed by atoms with Crippen molar-refractivity contribution >= 4 is 50.8 Å². The summed E-state index contributed by atoms with van der Waals surface area (Å²) in [5.41, 5.74) is 0.982. The van der Waals surface area contributed by atoms with Gasteiger partial charge >= 0.3 is 0 Å². The Labute approximate surface area is 158 Å². The molecule has 1 saturated heterocycles. The number of hydrogen-bond acceptors (Lipinski definition) is 6. The van der Waals surface area contributed by atoms with E-state index >= 15 is 0 Å². The summed E-state index contributed by atoms with van der Waals surface area (Å²) in [5, 5.41) is 0.574. The molecule has 1 amide bonds. The van der Waals surface area contributed by atoms with Gasteiger partial charge in [0.25, 0.3) is 0 Å². The van der Waals surface area contributed by atoms with E-state index in [4.69, 9.17) is 16.3 Å². The van der Waals surface area contributed by atoms with E-state index in [2.05, 4.69) is 9.97 Å². The lowest BCUT2D eigenvalue weighted by Gasteiger charge is -2.38. The molecule has 0 spiro atoms. The van der Waals surface area contributed by atoms with Gasteiger partial charge in [-0.3, -0.25) is 4.79 Å². The molecule has 0 bridgehead atoms. The predicted octanol–water partition coefficient (Wildman–Crippen LogP) is 3.73. The van der Waals surface area contributed by atoms with Crippen LogP contribution in [0.2, 0.25) is 5.02 Å². The highest BCUT2D eigenvalue weighted by atomic mass is 35.5. The van der Waals surface area contributed by atoms with E-state index in [1.807, 2.05) is 24.3 Å². The van der Waals surface area contributed by atoms with Crippen molar-refractivity contribution in [2.24, 2.45) is 0 Å². The molecule has 1 aromatic carbocycles. The van der Waals surface area contributed by atoms with Gasteiger partial charge in [0.15, 0.2) is 4.34 Å². The summed E-state index contributed by atoms with van der Waals surface area (Å²) in [6.45, 7) is 1.17. The van der Waals surface area contributed by atoms with Crippen molar-refractivity contribution in [3.63, 3.8) is 0 Å². The Bertz CT molecular complexity index is 861. The highest BCUT2D eigenvalue weighted by Gasteiger charge is 2.32. The highest BCUT2D eigenvalue weighted by Crippen LogP contribution is 2.29. The van der Waals surface area contributed by atoms with E-state index in [0.717, 1.165) is 14.6 Å². The van der Waals surface area contributed by atoms with Crippen LogP contribution in [0.5, 0.6) is 5.88 Å². The number of pyridine rings is 1. The Morgan fingerprint density at radius 2 is 2.16 bits per heavy atom. The van der Waals surface area contributed by atoms with Gasteiger partial charge in [-0.25, -0.2) is 9.97 Å². The quantitative estimate of drug-likeness (QED) is 0.620. The fraction of sp³-hybridized carbons (Fsp3) is 0.235. The zero-order valence-electron chi connectivity index (χ0n) is 13.1. The minimum atomic E-state index is -0.00919. The molecule has 4 rings (SSSR count). The lowest BCUT2D eigenvalue weighted by atomic mass is 10.2. The Morgan fingerprint density at radius 3 is 2.92 bits per heavy atom. The number of thioether (sulfide) groups is 1. The molecule has 25 heavy (non-hydrogen) atoms. The second-order valence-electron chi connectivity index (χ2n) is 5.59. The number of ether oxygens (including phenoxy) is 1. The molecule has 128 valence electrons. The van der Waals surface area contributed by atoms with Crippen LogP contribution in [-0.2, 0) is 4.79 Å². The highest BCUT2D eigenvalue weighted by molar-refractivity contribution is 8.01. The van der Waals surface area contributed by atoms with Gasteiger partial charge in [-0.1, -0.05) is 35.5 Å². The van der Waals surface area contributed by atoms with Crippen molar-refractivity contribution in [1.82, 2.24) is 14.9 Å². The monoisotopic (exact) mass is 391 g/mol. The summed E-state index contributed by atoms with van der Waals surface area (Å²) in [4.78, 5) is 22.7. The lowest BCUT2D eigenvalue weighted by molar-refractivity contribution is -0.137. The number of para-hydroxylation sites is 1. The first-order valence-corrected chi connectivity index (χ1v) is 9.90. The van der Waals surface area contributed by atoms with Crippen molar-refractivity contribution in [2.45, 2.75) is 10.4 Å². The first kappa shape index (κ1) is 16.6. The van der Waals surface area contributed by atoms with Crippen molar-refractivity contribution in [3.8, 4) is 5.88 Å². The number of rotatable bonds is 5. The summed E-state index contributed by atoms with van der Waals surface area (Å²) >= 11 is 8.90. The molecule has 0 atom stereocenters. The van der Waals surface area contributed by atoms with E-state index < -0.39 is 0 Å². The molecule has 1 aliphatic heterocycles. The van der Waals surface area contributed by atoms with Crippen molar-refractivity contribution in [1.29, 1.82) is 0 Å². The molecule has 0 radical (unpaired) electrons. The van der Waals surface area contributed by atoms with Gasteiger partial charge in [-0.05, 0) is 18.2 Å². The van der Waals surface area contributed by atoms with Crippen LogP contribution in [-0.4, -0.2) is 45.7 Å². The number of carbonyl (C=O) groups is 1. The maximum Gasteiger partial charge on any atom is 0.233 e. The van der Waals surface area contributed by atoms with Gasteiger partial charge in [0.05, 0.1) is 34.1 Å². The van der Waals surface area contributed by atoms with Crippen LogP contribution >= 0.6 is 34.7 Å². The number of nitrogens with zero attached hydrogens (tertiary/aromatic N) is 3. The minimum absolute atomic E-state index is 0.00919. The molecule has 0 N–H and O–H groups in total. The van der Waals surface area contributed by atoms with Gasteiger partial charge in [0.1, 0.15) is 6.10 Å². The minimum Gasteiger partial charge on any atom is -0.471 e. The predicted molar refractivity (Wildman–Crippen MR) is 101 cm³/mol. The number of halogens is 1. The molecule has 1 fully saturated rings. The average Bonchev–Trinajstić information content (AvgIpc) is 3.00. The topological polar surface area (TPSA) is 55.3 Å². The molecule has 8 heteroatoms. The Hall–Kier alpha value is -1.83. The van der Waals surface area contributed by atoms with Crippen molar-refractivity contribution in [3.05, 3.63) is 47.6 Å². The van der Waals surface area contributed by atoms with Crippen LogP contribution < -0.4 is 4.74 Å². The Morgan fingerprint density at radius 1 is 1.32 bits per heavy atom. The van der Waals surface area contributed by atoms with Gasteiger partial charge in [-0.15, -0.1) is 11.3 Å². The first-order chi connectivity index (χ1) is 12.2. The van der Waals surface area contributed by atoms with Crippen LogP contribution in [0.4, 0.5) is 0 Å². The zero-order chi connectivity index (χ0) is 17.2. The third-order valence-corrected chi connectivity index (χ3v) is 6.17. The van der Waals surface area contributed by atoms with E-state index in [1.165, 1.54) is 11.8 Å². The van der Waals surface area contributed by atoms with Crippen LogP contribution in [0.3, 0.4) is 0 Å². The average molecular weight is 392 g/mol. The van der Waals surface area contributed by atoms with Crippen LogP contribution in [0.15, 0.2) is 46.9 Å². The third kappa shape index (κ3) is 3.89. The summed E-state index contributed by atoms with van der Waals surface area (Å²) < 4.78 is 7.78. The molecular formula is C17H14ClN3O2S2. The van der Waals surface area contributed by atoms with Crippen LogP contribution in [0, 0.1) is 0 Å². The number of carbonyl (C=O) groups excluding carboxylic acids is 1. The molecular weight excluding hydrogens is 378 g/mol. The second-order valence-corrected chi connectivity index (χ2v) is 8.28. The van der Waals surface area contributed by atoms with Gasteiger partial charge in [-0.2, -0.15) is 0 Å². The molecule has 3 aromatic rings. The number of fused-ring (bicyclic) bond motifs is 1. The van der Waals surface area contributed by atoms with Crippen LogP contribution in [0.25, 0.3) is 10.2 Å². The first-order valence-electron chi connectivity index (χ1n) is 7.72. The molecule has 5 nitrogen and oxygen atoms in total. The number of thiazole rings is 1. The summed E-state index contributed by atoms with van der Waals surface area (Å²) in [6.07, 6.45) is 1.54. The van der Waals surface area contributed by atoms with Crippen molar-refractivity contribution in [2.75, 3.05) is 18.8 Å². The fourth-order valence-electron chi connectivity index (χ4n) is 2.45. The van der Waals surface area contributed by atoms with Crippen molar-refractivity contribution < 1.29 is 9.53 Å². The maximum atomic E-state index is 12.2. The molecule has 2 aromatic heterocycles. The van der Waals surface area contributed by atoms with E-state index in [1.54, 1.807) is 34.6 Å². The summed E-state index contributed by atoms with van der Waals surface area (Å²) in [7, 11) is 0. The molecule has 1 aliphatic rings. The largest absolute Gasteiger partial charge is 0.471 e. The summed E-state index contributed by atoms with van der Waals surface area (Å²) in [6, 6.07) is 11.5. The van der Waals surface area contributed by atoms with Gasteiger partial charge in [0, 0.05) is 12.3 Å². The second kappa shape index (κ2) is 7.19. The summed E-state index contributed by atoms with van der Waals surface area (Å²) in [5.74, 6) is 1.03. The zero-order valence-corrected chi connectivity index (χ0v) is 15.5. The number of benzene rings is 1. The Balaban J connectivity index is 1.25. The van der Waals surface area contributed by atoms with E-state index in [-0.39, 0.29) is 12.0 Å². The number of likely N-dealkylation sites (tertiary alicyclic amines) is 1. The van der Waals surface area contributed by atoms with E-state index in [0.29, 0.717) is 29.7 Å². The normalized spacial score (nSPS) is 14.5. The SMILES string of the molecule is O=C(CSc1nc2ccccc2s1)N1CC(Oc2ccc(Cl)cn2)C1. The molecule has 0 unspecified atom stereocenters. The number of hydrogen-bond donors (Lipinski definition) is 0. The fourth-order valence-corrected chi connectivity index (χ4v) is 4.53. The third-order valence-electron chi connectivity index (χ3n) is 3.78. The maximum absolute atomic E-state index is 12.2. The Kier molecular flexibility index (Phi) is 4.78. The number of aromatic nitrogens is 2. The van der Waals surface area contributed by atoms with E-state index in [9.17, 15) is 4.79 Å². The standard InChI is InChI=1S/C17H14ClN3O2S2/c18-11-5-6-15(19-7-11)23-12-8-21(9-12)16(22)10-24-17-20-13-3-1-2-4-14(13)25-17/h1-7,12H,8-10H2. The number of amides is 1. The van der Waals surface area contributed by atoms with Gasteiger partial charge in [0.2, 0.25) is 11.8 Å². The molecule has 3 heterocycles. The van der Waals surface area contributed by atoms with Crippen LogP contribution in [0.1, 0.15) is 0 Å².